The third kappa shape index (κ3) is 4.14. The van der Waals surface area contributed by atoms with Gasteiger partial charge in [-0.25, -0.2) is 17.2 Å². The summed E-state index contributed by atoms with van der Waals surface area (Å²) in [4.78, 5) is 12.2. The van der Waals surface area contributed by atoms with Gasteiger partial charge in [-0.05, 0) is 37.6 Å². The number of hydrogen-bond donors (Lipinski definition) is 1. The molecule has 0 atom stereocenters. The van der Waals surface area contributed by atoms with Crippen molar-refractivity contribution in [2.24, 2.45) is 0 Å². The summed E-state index contributed by atoms with van der Waals surface area (Å²) >= 11 is 0. The van der Waals surface area contributed by atoms with E-state index in [-0.39, 0.29) is 22.8 Å². The molecular weight excluding hydrogens is 352 g/mol. The number of rotatable bonds is 6. The van der Waals surface area contributed by atoms with Crippen molar-refractivity contribution in [3.8, 4) is 5.75 Å². The van der Waals surface area contributed by atoms with Crippen LogP contribution in [0.2, 0.25) is 0 Å². The Morgan fingerprint density at radius 2 is 1.80 bits per heavy atom. The second kappa shape index (κ2) is 7.60. The molecule has 0 saturated carbocycles. The predicted molar refractivity (Wildman–Crippen MR) is 88.2 cm³/mol. The van der Waals surface area contributed by atoms with Crippen molar-refractivity contribution < 1.29 is 26.7 Å². The summed E-state index contributed by atoms with van der Waals surface area (Å²) in [6, 6.07) is 8.58. The maximum atomic E-state index is 14.3. The standard InChI is InChI=1S/C17H17F2NO4S/c1-3-24-13-9-11(2)15(18)14(16(13)19)17(21)20-10-25(22,23)12-7-5-4-6-8-12/h4-9H,3,10H2,1-2H3,(H,20,21). The van der Waals surface area contributed by atoms with Crippen LogP contribution in [0.25, 0.3) is 0 Å². The molecule has 1 amide bonds. The van der Waals surface area contributed by atoms with Crippen molar-refractivity contribution in [3.05, 3.63) is 59.2 Å². The minimum absolute atomic E-state index is 0.00417. The average molecular weight is 369 g/mol. The molecule has 0 fully saturated rings. The largest absolute Gasteiger partial charge is 0.491 e. The number of carbonyl (C=O) groups excluding carboxylic acids is 1. The number of amides is 1. The number of carbonyl (C=O) groups is 1. The Labute approximate surface area is 144 Å². The Hall–Kier alpha value is -2.48. The highest BCUT2D eigenvalue weighted by Gasteiger charge is 2.25. The third-order valence-corrected chi connectivity index (χ3v) is 4.92. The summed E-state index contributed by atoms with van der Waals surface area (Å²) < 4.78 is 57.8. The molecule has 5 nitrogen and oxygen atoms in total. The first kappa shape index (κ1) is 18.9. The van der Waals surface area contributed by atoms with Crippen LogP contribution < -0.4 is 10.1 Å². The average Bonchev–Trinajstić information content (AvgIpc) is 2.59. The molecule has 1 N–H and O–H groups in total. The monoisotopic (exact) mass is 369 g/mol. The molecule has 0 aromatic heterocycles. The van der Waals surface area contributed by atoms with Gasteiger partial charge in [-0.2, -0.15) is 0 Å². The van der Waals surface area contributed by atoms with Crippen LogP contribution >= 0.6 is 0 Å². The van der Waals surface area contributed by atoms with Crippen molar-refractivity contribution in [1.82, 2.24) is 5.32 Å². The smallest absolute Gasteiger partial charge is 0.258 e. The van der Waals surface area contributed by atoms with Crippen LogP contribution in [0, 0.1) is 18.6 Å². The zero-order valence-electron chi connectivity index (χ0n) is 13.7. The number of aryl methyl sites for hydroxylation is 1. The Morgan fingerprint density at radius 3 is 2.40 bits per heavy atom. The van der Waals surface area contributed by atoms with E-state index in [1.807, 2.05) is 0 Å². The molecule has 0 aliphatic rings. The van der Waals surface area contributed by atoms with Gasteiger partial charge in [-0.15, -0.1) is 0 Å². The summed E-state index contributed by atoms with van der Waals surface area (Å²) in [5, 5.41) is 2.05. The van der Waals surface area contributed by atoms with Gasteiger partial charge in [-0.1, -0.05) is 18.2 Å². The summed E-state index contributed by atoms with van der Waals surface area (Å²) in [6.45, 7) is 3.10. The normalized spacial score (nSPS) is 11.2. The van der Waals surface area contributed by atoms with Crippen LogP contribution in [-0.4, -0.2) is 26.8 Å². The molecule has 25 heavy (non-hydrogen) atoms. The van der Waals surface area contributed by atoms with E-state index in [1.165, 1.54) is 31.2 Å². The molecule has 8 heteroatoms. The van der Waals surface area contributed by atoms with E-state index in [1.54, 1.807) is 13.0 Å². The number of hydrogen-bond acceptors (Lipinski definition) is 4. The molecule has 2 aromatic rings. The summed E-state index contributed by atoms with van der Waals surface area (Å²) in [6.07, 6.45) is 0. The van der Waals surface area contributed by atoms with Crippen LogP contribution in [-0.2, 0) is 9.84 Å². The Balaban J connectivity index is 2.27. The van der Waals surface area contributed by atoms with Crippen molar-refractivity contribution in [3.63, 3.8) is 0 Å². The van der Waals surface area contributed by atoms with E-state index in [0.717, 1.165) is 6.07 Å². The highest BCUT2D eigenvalue weighted by Crippen LogP contribution is 2.26. The first-order valence-electron chi connectivity index (χ1n) is 7.45. The highest BCUT2D eigenvalue weighted by atomic mass is 32.2. The van der Waals surface area contributed by atoms with E-state index in [4.69, 9.17) is 4.74 Å². The van der Waals surface area contributed by atoms with Crippen molar-refractivity contribution in [1.29, 1.82) is 0 Å². The molecule has 0 bridgehead atoms. The molecule has 0 saturated heterocycles. The van der Waals surface area contributed by atoms with Crippen LogP contribution in [0.3, 0.4) is 0 Å². The summed E-state index contributed by atoms with van der Waals surface area (Å²) in [5.41, 5.74) is -0.854. The van der Waals surface area contributed by atoms with Gasteiger partial charge < -0.3 is 10.1 Å². The zero-order valence-corrected chi connectivity index (χ0v) is 14.5. The second-order valence-corrected chi connectivity index (χ2v) is 7.20. The SMILES string of the molecule is CCOc1cc(C)c(F)c(C(=O)NCS(=O)(=O)c2ccccc2)c1F. The van der Waals surface area contributed by atoms with E-state index in [9.17, 15) is 22.0 Å². The lowest BCUT2D eigenvalue weighted by Crippen LogP contribution is -2.31. The Kier molecular flexibility index (Phi) is 5.73. The molecule has 2 aromatic carbocycles. The molecular formula is C17H17F2NO4S. The number of nitrogens with one attached hydrogen (secondary N) is 1. The Morgan fingerprint density at radius 1 is 1.16 bits per heavy atom. The van der Waals surface area contributed by atoms with Gasteiger partial charge in [-0.3, -0.25) is 4.79 Å². The molecule has 0 aliphatic carbocycles. The van der Waals surface area contributed by atoms with Gasteiger partial charge in [0.1, 0.15) is 17.3 Å². The van der Waals surface area contributed by atoms with Crippen molar-refractivity contribution >= 4 is 15.7 Å². The molecule has 0 spiro atoms. The second-order valence-electron chi connectivity index (χ2n) is 5.21. The van der Waals surface area contributed by atoms with Gasteiger partial charge in [0.2, 0.25) is 0 Å². The number of ether oxygens (including phenoxy) is 1. The first-order chi connectivity index (χ1) is 11.8. The van der Waals surface area contributed by atoms with E-state index in [2.05, 4.69) is 5.32 Å². The molecule has 0 heterocycles. The third-order valence-electron chi connectivity index (χ3n) is 3.40. The van der Waals surface area contributed by atoms with E-state index < -0.39 is 38.8 Å². The fourth-order valence-electron chi connectivity index (χ4n) is 2.16. The minimum Gasteiger partial charge on any atom is -0.491 e. The maximum Gasteiger partial charge on any atom is 0.258 e. The number of halogens is 2. The lowest BCUT2D eigenvalue weighted by atomic mass is 10.1. The fraction of sp³-hybridized carbons (Fsp3) is 0.235. The maximum absolute atomic E-state index is 14.3. The zero-order chi connectivity index (χ0) is 18.6. The molecule has 2 rings (SSSR count). The van der Waals surface area contributed by atoms with Crippen molar-refractivity contribution in [2.45, 2.75) is 18.7 Å². The van der Waals surface area contributed by atoms with Crippen LogP contribution in [0.1, 0.15) is 22.8 Å². The molecule has 0 radical (unpaired) electrons. The van der Waals surface area contributed by atoms with Crippen LogP contribution in [0.15, 0.2) is 41.3 Å². The van der Waals surface area contributed by atoms with E-state index in [0.29, 0.717) is 0 Å². The Bertz CT molecular complexity index is 883. The summed E-state index contributed by atoms with van der Waals surface area (Å²) in [7, 11) is -3.83. The van der Waals surface area contributed by atoms with Crippen LogP contribution in [0.5, 0.6) is 5.75 Å². The van der Waals surface area contributed by atoms with Crippen LogP contribution in [0.4, 0.5) is 8.78 Å². The number of sulfone groups is 1. The fourth-order valence-corrected chi connectivity index (χ4v) is 3.22. The van der Waals surface area contributed by atoms with E-state index >= 15 is 0 Å². The van der Waals surface area contributed by atoms with Gasteiger partial charge >= 0.3 is 0 Å². The lowest BCUT2D eigenvalue weighted by Gasteiger charge is -2.13. The van der Waals surface area contributed by atoms with Gasteiger partial charge in [0.05, 0.1) is 11.5 Å². The molecule has 0 unspecified atom stereocenters. The topological polar surface area (TPSA) is 72.5 Å². The summed E-state index contributed by atoms with van der Waals surface area (Å²) in [5.74, 6) is -4.45. The number of benzene rings is 2. The lowest BCUT2D eigenvalue weighted by molar-refractivity contribution is 0.0950. The predicted octanol–water partition coefficient (Wildman–Crippen LogP) is 2.83. The molecule has 134 valence electrons. The quantitative estimate of drug-likeness (QED) is 0.850. The van der Waals surface area contributed by atoms with Gasteiger partial charge in [0, 0.05) is 0 Å². The first-order valence-corrected chi connectivity index (χ1v) is 9.10. The molecule has 0 aliphatic heterocycles. The van der Waals surface area contributed by atoms with Gasteiger partial charge in [0.25, 0.3) is 5.91 Å². The minimum atomic E-state index is -3.83. The highest BCUT2D eigenvalue weighted by molar-refractivity contribution is 7.91. The van der Waals surface area contributed by atoms with Gasteiger partial charge in [0.15, 0.2) is 21.4 Å². The van der Waals surface area contributed by atoms with Crippen molar-refractivity contribution in [2.75, 3.05) is 12.5 Å².